The van der Waals surface area contributed by atoms with Crippen molar-refractivity contribution in [2.45, 2.75) is 6.92 Å². The van der Waals surface area contributed by atoms with E-state index in [1.54, 1.807) is 0 Å². The summed E-state index contributed by atoms with van der Waals surface area (Å²) in [7, 11) is 0. The summed E-state index contributed by atoms with van der Waals surface area (Å²) in [5.74, 6) is -1.21. The van der Waals surface area contributed by atoms with Crippen LogP contribution in [-0.2, 0) is 0 Å². The number of phenols is 1. The summed E-state index contributed by atoms with van der Waals surface area (Å²) < 4.78 is 0. The lowest BCUT2D eigenvalue weighted by Gasteiger charge is -2.05. The lowest BCUT2D eigenvalue weighted by molar-refractivity contribution is 0.101. The molecule has 102 valence electrons. The van der Waals surface area contributed by atoms with Crippen LogP contribution in [0.2, 0.25) is 5.02 Å². The number of halogens is 1. The summed E-state index contributed by atoms with van der Waals surface area (Å²) >= 11 is 5.78. The first-order valence-corrected chi connectivity index (χ1v) is 6.05. The van der Waals surface area contributed by atoms with Gasteiger partial charge in [0.25, 0.3) is 5.56 Å². The Morgan fingerprint density at radius 1 is 1.20 bits per heavy atom. The Kier molecular flexibility index (Phi) is 3.72. The van der Waals surface area contributed by atoms with Crippen LogP contribution in [0.1, 0.15) is 33.2 Å². The number of phenolic OH excluding ortho intramolecular Hbond substituents is 1. The topological polar surface area (TPSA) is 87.2 Å². The van der Waals surface area contributed by atoms with E-state index in [1.807, 2.05) is 0 Å². The van der Waals surface area contributed by atoms with Crippen molar-refractivity contribution in [2.75, 3.05) is 0 Å². The molecule has 2 N–H and O–H groups in total. The van der Waals surface area contributed by atoms with E-state index in [9.17, 15) is 19.5 Å². The molecule has 0 amide bonds. The average Bonchev–Trinajstić information content (AvgIpc) is 2.41. The smallest absolute Gasteiger partial charge is 0.258 e. The van der Waals surface area contributed by atoms with Gasteiger partial charge in [0.2, 0.25) is 0 Å². The molecule has 0 fully saturated rings. The number of carbonyl (C=O) groups is 2. The summed E-state index contributed by atoms with van der Waals surface area (Å²) in [5.41, 5.74) is -0.590. The number of pyridine rings is 1. The van der Waals surface area contributed by atoms with Gasteiger partial charge in [-0.2, -0.15) is 0 Å². The molecule has 1 aromatic carbocycles. The molecule has 5 nitrogen and oxygen atoms in total. The minimum Gasteiger partial charge on any atom is -0.507 e. The maximum atomic E-state index is 12.3. The standard InChI is InChI=1S/C14H10ClNO4/c1-7(17)10-4-8(6-16-14(10)20)13(19)11-5-9(15)2-3-12(11)18/h2-6,18H,1H3,(H,16,20). The van der Waals surface area contributed by atoms with E-state index in [0.29, 0.717) is 5.02 Å². The number of nitrogens with one attached hydrogen (secondary N) is 1. The number of aromatic hydroxyl groups is 1. The van der Waals surface area contributed by atoms with Crippen LogP contribution >= 0.6 is 11.6 Å². The number of aromatic nitrogens is 1. The number of rotatable bonds is 3. The molecule has 0 atom stereocenters. The molecule has 0 spiro atoms. The van der Waals surface area contributed by atoms with Crippen LogP contribution in [0.15, 0.2) is 35.3 Å². The maximum Gasteiger partial charge on any atom is 0.258 e. The van der Waals surface area contributed by atoms with Gasteiger partial charge in [0.15, 0.2) is 11.6 Å². The van der Waals surface area contributed by atoms with E-state index < -0.39 is 17.1 Å². The molecule has 0 saturated carbocycles. The van der Waals surface area contributed by atoms with Crippen molar-refractivity contribution in [2.24, 2.45) is 0 Å². The highest BCUT2D eigenvalue weighted by Crippen LogP contribution is 2.24. The molecule has 0 unspecified atom stereocenters. The van der Waals surface area contributed by atoms with Crippen LogP contribution in [0, 0.1) is 0 Å². The third kappa shape index (κ3) is 2.62. The summed E-state index contributed by atoms with van der Waals surface area (Å²) in [6.45, 7) is 1.23. The zero-order valence-electron chi connectivity index (χ0n) is 10.4. The first kappa shape index (κ1) is 14.0. The Bertz CT molecular complexity index is 764. The number of hydrogen-bond acceptors (Lipinski definition) is 4. The number of hydrogen-bond donors (Lipinski definition) is 2. The van der Waals surface area contributed by atoms with Crippen molar-refractivity contribution in [3.8, 4) is 5.75 Å². The van der Waals surface area contributed by atoms with Crippen molar-refractivity contribution in [3.05, 3.63) is 62.5 Å². The second kappa shape index (κ2) is 5.30. The molecule has 1 heterocycles. The van der Waals surface area contributed by atoms with Gasteiger partial charge in [0, 0.05) is 16.8 Å². The molecule has 0 saturated heterocycles. The summed E-state index contributed by atoms with van der Waals surface area (Å²) in [6, 6.07) is 5.26. The number of carbonyl (C=O) groups excluding carboxylic acids is 2. The van der Waals surface area contributed by atoms with E-state index in [1.165, 1.54) is 37.4 Å². The highest BCUT2D eigenvalue weighted by Gasteiger charge is 2.16. The van der Waals surface area contributed by atoms with E-state index in [-0.39, 0.29) is 22.4 Å². The molecular formula is C14H10ClNO4. The lowest BCUT2D eigenvalue weighted by atomic mass is 10.0. The molecular weight excluding hydrogens is 282 g/mol. The third-order valence-electron chi connectivity index (χ3n) is 2.75. The van der Waals surface area contributed by atoms with Gasteiger partial charge in [-0.05, 0) is 31.2 Å². The van der Waals surface area contributed by atoms with E-state index in [2.05, 4.69) is 4.98 Å². The minimum atomic E-state index is -0.565. The summed E-state index contributed by atoms with van der Waals surface area (Å²) in [4.78, 5) is 37.3. The van der Waals surface area contributed by atoms with Gasteiger partial charge in [-0.25, -0.2) is 0 Å². The SMILES string of the molecule is CC(=O)c1cc(C(=O)c2cc(Cl)ccc2O)c[nH]c1=O. The van der Waals surface area contributed by atoms with Crippen molar-refractivity contribution in [3.63, 3.8) is 0 Å². The summed E-state index contributed by atoms with van der Waals surface area (Å²) in [5, 5.41) is 9.98. The second-order valence-corrected chi connectivity index (χ2v) is 4.61. The number of H-pyrrole nitrogens is 1. The first-order valence-electron chi connectivity index (χ1n) is 5.67. The van der Waals surface area contributed by atoms with Crippen LogP contribution in [0.25, 0.3) is 0 Å². The predicted molar refractivity (Wildman–Crippen MR) is 73.6 cm³/mol. The number of benzene rings is 1. The molecule has 2 rings (SSSR count). The number of aromatic amines is 1. The molecule has 20 heavy (non-hydrogen) atoms. The van der Waals surface area contributed by atoms with Gasteiger partial charge in [-0.3, -0.25) is 14.4 Å². The summed E-state index contributed by atoms with van der Waals surface area (Å²) in [6.07, 6.45) is 1.19. The predicted octanol–water partition coefficient (Wildman–Crippen LogP) is 2.17. The monoisotopic (exact) mass is 291 g/mol. The fraction of sp³-hybridized carbons (Fsp3) is 0.0714. The molecule has 0 aliphatic heterocycles. The Morgan fingerprint density at radius 2 is 1.90 bits per heavy atom. The van der Waals surface area contributed by atoms with Crippen molar-refractivity contribution < 1.29 is 14.7 Å². The Morgan fingerprint density at radius 3 is 2.55 bits per heavy atom. The zero-order valence-corrected chi connectivity index (χ0v) is 11.2. The zero-order chi connectivity index (χ0) is 14.9. The van der Waals surface area contributed by atoms with Crippen molar-refractivity contribution in [1.82, 2.24) is 4.98 Å². The highest BCUT2D eigenvalue weighted by molar-refractivity contribution is 6.31. The number of ketones is 2. The molecule has 2 aromatic rings. The molecule has 0 aliphatic rings. The second-order valence-electron chi connectivity index (χ2n) is 4.18. The Labute approximate surface area is 118 Å². The van der Waals surface area contributed by atoms with E-state index in [4.69, 9.17) is 11.6 Å². The molecule has 1 aromatic heterocycles. The fourth-order valence-corrected chi connectivity index (χ4v) is 1.89. The van der Waals surface area contributed by atoms with Crippen LogP contribution in [0.3, 0.4) is 0 Å². The van der Waals surface area contributed by atoms with Crippen molar-refractivity contribution in [1.29, 1.82) is 0 Å². The van der Waals surface area contributed by atoms with Crippen LogP contribution in [0.4, 0.5) is 0 Å². The first-order chi connectivity index (χ1) is 9.40. The van der Waals surface area contributed by atoms with E-state index >= 15 is 0 Å². The Balaban J connectivity index is 2.54. The van der Waals surface area contributed by atoms with Gasteiger partial charge < -0.3 is 10.1 Å². The quantitative estimate of drug-likeness (QED) is 0.848. The minimum absolute atomic E-state index is 0.000879. The van der Waals surface area contributed by atoms with Crippen molar-refractivity contribution >= 4 is 23.2 Å². The van der Waals surface area contributed by atoms with Crippen LogP contribution in [0.5, 0.6) is 5.75 Å². The van der Waals surface area contributed by atoms with Crippen LogP contribution in [-0.4, -0.2) is 21.7 Å². The van der Waals surface area contributed by atoms with Gasteiger partial charge in [0.05, 0.1) is 11.1 Å². The largest absolute Gasteiger partial charge is 0.507 e. The highest BCUT2D eigenvalue weighted by atomic mass is 35.5. The van der Waals surface area contributed by atoms with E-state index in [0.717, 1.165) is 0 Å². The normalized spacial score (nSPS) is 10.3. The number of Topliss-reactive ketones (excluding diaryl/α,β-unsaturated/α-hetero) is 1. The van der Waals surface area contributed by atoms with Gasteiger partial charge in [-0.1, -0.05) is 11.6 Å². The lowest BCUT2D eigenvalue weighted by Crippen LogP contribution is -2.17. The van der Waals surface area contributed by atoms with Crippen LogP contribution < -0.4 is 5.56 Å². The maximum absolute atomic E-state index is 12.3. The third-order valence-corrected chi connectivity index (χ3v) is 2.98. The molecule has 0 aliphatic carbocycles. The molecule has 0 radical (unpaired) electrons. The van der Waals surface area contributed by atoms with Gasteiger partial charge >= 0.3 is 0 Å². The van der Waals surface area contributed by atoms with Gasteiger partial charge in [-0.15, -0.1) is 0 Å². The average molecular weight is 292 g/mol. The Hall–Kier alpha value is -2.40. The van der Waals surface area contributed by atoms with Gasteiger partial charge in [0.1, 0.15) is 5.75 Å². The fourth-order valence-electron chi connectivity index (χ4n) is 1.72. The molecule has 6 heteroatoms. The molecule has 0 bridgehead atoms.